The highest BCUT2D eigenvalue weighted by Crippen LogP contribution is 2.18. The zero-order valence-corrected chi connectivity index (χ0v) is 16.3. The van der Waals surface area contributed by atoms with Crippen LogP contribution in [0.15, 0.2) is 24.3 Å². The van der Waals surface area contributed by atoms with Crippen molar-refractivity contribution in [2.45, 2.75) is 53.4 Å². The molecule has 1 amide bonds. The summed E-state index contributed by atoms with van der Waals surface area (Å²) in [5, 5.41) is 5.82. The van der Waals surface area contributed by atoms with Gasteiger partial charge in [-0.05, 0) is 48.3 Å². The molecule has 2 N–H and O–H groups in total. The summed E-state index contributed by atoms with van der Waals surface area (Å²) in [6, 6.07) is 6.80. The van der Waals surface area contributed by atoms with Crippen molar-refractivity contribution in [3.8, 4) is 0 Å². The topological polar surface area (TPSA) is 67.4 Å². The van der Waals surface area contributed by atoms with Crippen LogP contribution in [0.1, 0.15) is 63.7 Å². The lowest BCUT2D eigenvalue weighted by atomic mass is 9.92. The first-order valence-corrected chi connectivity index (χ1v) is 9.00. The van der Waals surface area contributed by atoms with E-state index in [1.54, 1.807) is 24.3 Å². The van der Waals surface area contributed by atoms with E-state index >= 15 is 0 Å². The first-order valence-electron chi connectivity index (χ1n) is 8.59. The Morgan fingerprint density at radius 2 is 1.76 bits per heavy atom. The third kappa shape index (κ3) is 9.19. The quantitative estimate of drug-likeness (QED) is 0.429. The van der Waals surface area contributed by atoms with E-state index in [0.717, 1.165) is 19.3 Å². The van der Waals surface area contributed by atoms with Gasteiger partial charge in [0, 0.05) is 12.1 Å². The molecule has 0 aliphatic rings. The van der Waals surface area contributed by atoms with Gasteiger partial charge in [0.2, 0.25) is 5.91 Å². The summed E-state index contributed by atoms with van der Waals surface area (Å²) in [5.41, 5.74) is 1.09. The zero-order valence-electron chi connectivity index (χ0n) is 15.5. The van der Waals surface area contributed by atoms with E-state index in [4.69, 9.17) is 17.0 Å². The van der Waals surface area contributed by atoms with Gasteiger partial charge in [-0.25, -0.2) is 4.79 Å². The van der Waals surface area contributed by atoms with Gasteiger partial charge in [0.15, 0.2) is 5.11 Å². The smallest absolute Gasteiger partial charge is 0.338 e. The van der Waals surface area contributed by atoms with Crippen LogP contribution in [-0.2, 0) is 9.53 Å². The van der Waals surface area contributed by atoms with Gasteiger partial charge in [0.05, 0.1) is 12.2 Å². The number of nitrogens with one attached hydrogen (secondary N) is 2. The molecule has 0 heterocycles. The fourth-order valence-electron chi connectivity index (χ4n) is 2.10. The Morgan fingerprint density at radius 1 is 1.12 bits per heavy atom. The van der Waals surface area contributed by atoms with Crippen LogP contribution in [0.25, 0.3) is 0 Å². The number of esters is 1. The van der Waals surface area contributed by atoms with Gasteiger partial charge >= 0.3 is 5.97 Å². The fraction of sp³-hybridized carbons (Fsp3) is 0.526. The van der Waals surface area contributed by atoms with Crippen molar-refractivity contribution in [1.29, 1.82) is 0 Å². The molecule has 1 aromatic rings. The molecule has 0 unspecified atom stereocenters. The number of ether oxygens (including phenoxy) is 1. The number of hydrogen-bond acceptors (Lipinski definition) is 4. The van der Waals surface area contributed by atoms with Gasteiger partial charge in [-0.3, -0.25) is 4.79 Å². The number of hydrogen-bond donors (Lipinski definition) is 2. The third-order valence-electron chi connectivity index (χ3n) is 3.30. The maximum absolute atomic E-state index is 11.9. The minimum Gasteiger partial charge on any atom is -0.462 e. The van der Waals surface area contributed by atoms with Crippen molar-refractivity contribution in [3.05, 3.63) is 29.8 Å². The van der Waals surface area contributed by atoms with E-state index in [1.807, 2.05) is 20.8 Å². The minimum absolute atomic E-state index is 0.0984. The summed E-state index contributed by atoms with van der Waals surface area (Å²) in [6.45, 7) is 8.51. The normalized spacial score (nSPS) is 10.9. The molecule has 5 nitrogen and oxygen atoms in total. The number of amides is 1. The van der Waals surface area contributed by atoms with Crippen molar-refractivity contribution < 1.29 is 14.3 Å². The Hall–Kier alpha value is -1.95. The minimum atomic E-state index is -0.330. The molecule has 138 valence electrons. The summed E-state index contributed by atoms with van der Waals surface area (Å²) in [5.74, 6) is -0.457. The Balaban J connectivity index is 2.47. The highest BCUT2D eigenvalue weighted by molar-refractivity contribution is 7.80. The van der Waals surface area contributed by atoms with Crippen molar-refractivity contribution in [3.63, 3.8) is 0 Å². The largest absolute Gasteiger partial charge is 0.462 e. The molecule has 0 saturated carbocycles. The van der Waals surface area contributed by atoms with Crippen molar-refractivity contribution in [2.24, 2.45) is 5.41 Å². The Labute approximate surface area is 155 Å². The zero-order chi connectivity index (χ0) is 18.9. The molecule has 25 heavy (non-hydrogen) atoms. The van der Waals surface area contributed by atoms with Crippen molar-refractivity contribution in [1.82, 2.24) is 5.32 Å². The molecular weight excluding hydrogens is 336 g/mol. The molecule has 0 saturated heterocycles. The van der Waals surface area contributed by atoms with Crippen LogP contribution in [0.5, 0.6) is 0 Å². The molecule has 0 fully saturated rings. The molecule has 1 aromatic carbocycles. The van der Waals surface area contributed by atoms with E-state index in [9.17, 15) is 9.59 Å². The highest BCUT2D eigenvalue weighted by atomic mass is 32.1. The summed E-state index contributed by atoms with van der Waals surface area (Å²) < 4.78 is 5.21. The number of anilines is 1. The molecule has 1 rings (SSSR count). The summed E-state index contributed by atoms with van der Waals surface area (Å²) >= 11 is 5.13. The summed E-state index contributed by atoms with van der Waals surface area (Å²) in [7, 11) is 0. The maximum Gasteiger partial charge on any atom is 0.338 e. The molecule has 0 aliphatic carbocycles. The van der Waals surface area contributed by atoms with Gasteiger partial charge in [-0.1, -0.05) is 40.5 Å². The van der Waals surface area contributed by atoms with E-state index in [2.05, 4.69) is 17.6 Å². The highest BCUT2D eigenvalue weighted by Gasteiger charge is 2.16. The van der Waals surface area contributed by atoms with E-state index in [1.165, 1.54) is 0 Å². The van der Waals surface area contributed by atoms with Crippen LogP contribution < -0.4 is 10.6 Å². The molecule has 0 radical (unpaired) electrons. The van der Waals surface area contributed by atoms with Gasteiger partial charge < -0.3 is 15.4 Å². The molecule has 6 heteroatoms. The second kappa shape index (κ2) is 10.1. The number of carbonyl (C=O) groups is 2. The first kappa shape index (κ1) is 21.1. The van der Waals surface area contributed by atoms with Gasteiger partial charge in [0.25, 0.3) is 0 Å². The number of thiocarbonyl (C=S) groups is 1. The van der Waals surface area contributed by atoms with Crippen LogP contribution >= 0.6 is 12.2 Å². The molecule has 0 spiro atoms. The van der Waals surface area contributed by atoms with Crippen molar-refractivity contribution >= 4 is 34.9 Å². The summed E-state index contributed by atoms with van der Waals surface area (Å²) in [4.78, 5) is 23.7. The number of unbranched alkanes of at least 4 members (excludes halogenated alkanes) is 2. The second-order valence-electron chi connectivity index (χ2n) is 7.16. The van der Waals surface area contributed by atoms with Gasteiger partial charge in [-0.2, -0.15) is 0 Å². The third-order valence-corrected chi connectivity index (χ3v) is 3.51. The predicted octanol–water partition coefficient (Wildman–Crippen LogP) is 4.28. The Morgan fingerprint density at radius 3 is 2.32 bits per heavy atom. The van der Waals surface area contributed by atoms with Crippen LogP contribution in [0.2, 0.25) is 0 Å². The number of carbonyl (C=O) groups excluding carboxylic acids is 2. The fourth-order valence-corrected chi connectivity index (χ4v) is 2.34. The van der Waals surface area contributed by atoms with E-state index in [-0.39, 0.29) is 22.4 Å². The van der Waals surface area contributed by atoms with Crippen molar-refractivity contribution in [2.75, 3.05) is 11.9 Å². The molecule has 0 aliphatic heterocycles. The van der Waals surface area contributed by atoms with Crippen LogP contribution in [0.3, 0.4) is 0 Å². The maximum atomic E-state index is 11.9. The monoisotopic (exact) mass is 364 g/mol. The lowest BCUT2D eigenvalue weighted by Gasteiger charge is -2.17. The van der Waals surface area contributed by atoms with Crippen LogP contribution in [0, 0.1) is 5.41 Å². The number of rotatable bonds is 7. The number of benzene rings is 1. The second-order valence-corrected chi connectivity index (χ2v) is 7.57. The Bertz CT molecular complexity index is 592. The molecule has 0 aromatic heterocycles. The van der Waals surface area contributed by atoms with E-state index < -0.39 is 0 Å². The lowest BCUT2D eigenvalue weighted by Crippen LogP contribution is -2.36. The van der Waals surface area contributed by atoms with E-state index in [0.29, 0.717) is 24.3 Å². The molecule has 0 bridgehead atoms. The molecular formula is C19H28N2O3S. The standard InChI is InChI=1S/C19H28N2O3S/c1-5-6-7-12-24-17(23)14-8-10-15(11-9-14)20-18(25)21-16(22)13-19(2,3)4/h8-11H,5-7,12-13H2,1-4H3,(H2,20,21,22,25). The predicted molar refractivity (Wildman–Crippen MR) is 105 cm³/mol. The average molecular weight is 365 g/mol. The average Bonchev–Trinajstić information content (AvgIpc) is 2.50. The van der Waals surface area contributed by atoms with Gasteiger partial charge in [0.1, 0.15) is 0 Å². The Kier molecular flexibility index (Phi) is 8.55. The summed E-state index contributed by atoms with van der Waals surface area (Å²) in [6.07, 6.45) is 3.40. The lowest BCUT2D eigenvalue weighted by molar-refractivity contribution is -0.121. The first-order chi connectivity index (χ1) is 11.7. The molecule has 0 atom stereocenters. The van der Waals surface area contributed by atoms with Crippen LogP contribution in [0.4, 0.5) is 5.69 Å². The van der Waals surface area contributed by atoms with Crippen LogP contribution in [-0.4, -0.2) is 23.6 Å². The van der Waals surface area contributed by atoms with Gasteiger partial charge in [-0.15, -0.1) is 0 Å². The SMILES string of the molecule is CCCCCOC(=O)c1ccc(NC(=S)NC(=O)CC(C)(C)C)cc1.